The Morgan fingerprint density at radius 1 is 1.47 bits per heavy atom. The van der Waals surface area contributed by atoms with Crippen LogP contribution < -0.4 is 0 Å². The molecule has 0 amide bonds. The molecule has 0 spiro atoms. The summed E-state index contributed by atoms with van der Waals surface area (Å²) in [6.07, 6.45) is 3.30. The van der Waals surface area contributed by atoms with Crippen molar-refractivity contribution >= 4 is 5.97 Å². The van der Waals surface area contributed by atoms with E-state index in [4.69, 9.17) is 0 Å². The lowest BCUT2D eigenvalue weighted by molar-refractivity contribution is 0.0682. The summed E-state index contributed by atoms with van der Waals surface area (Å²) in [5.74, 6) is -0.499. The summed E-state index contributed by atoms with van der Waals surface area (Å²) in [7, 11) is 0. The molecule has 0 aromatic carbocycles. The van der Waals surface area contributed by atoms with Crippen molar-refractivity contribution in [2.45, 2.75) is 45.6 Å². The highest BCUT2D eigenvalue weighted by Crippen LogP contribution is 2.27. The zero-order chi connectivity index (χ0) is 11.0. The molecule has 2 heterocycles. The number of hydrogen-bond acceptors (Lipinski definition) is 1. The monoisotopic (exact) mass is 207 g/mol. The molecule has 2 rings (SSSR count). The fraction of sp³-hybridized carbons (Fsp3) is 0.583. The lowest BCUT2D eigenvalue weighted by Crippen LogP contribution is -2.16. The Kier molecular flexibility index (Phi) is 2.55. The summed E-state index contributed by atoms with van der Waals surface area (Å²) in [4.78, 5) is 11.2. The molecule has 1 aliphatic rings. The van der Waals surface area contributed by atoms with Crippen molar-refractivity contribution < 1.29 is 9.90 Å². The molecule has 82 valence electrons. The van der Waals surface area contributed by atoms with Crippen molar-refractivity contribution in [2.75, 3.05) is 0 Å². The van der Waals surface area contributed by atoms with Crippen LogP contribution in [0.15, 0.2) is 6.07 Å². The van der Waals surface area contributed by atoms with E-state index in [1.54, 1.807) is 0 Å². The molecular formula is C12H17NO2. The topological polar surface area (TPSA) is 42.2 Å². The van der Waals surface area contributed by atoms with Gasteiger partial charge in [-0.2, -0.15) is 0 Å². The molecular weight excluding hydrogens is 190 g/mol. The second-order valence-corrected chi connectivity index (χ2v) is 4.51. The van der Waals surface area contributed by atoms with Gasteiger partial charge in [0.05, 0.1) is 0 Å². The number of nitrogens with zero attached hydrogens (tertiary/aromatic N) is 1. The molecule has 1 N–H and O–H groups in total. The van der Waals surface area contributed by atoms with Crippen molar-refractivity contribution in [3.05, 3.63) is 23.0 Å². The first-order valence-corrected chi connectivity index (χ1v) is 5.57. The fourth-order valence-electron chi connectivity index (χ4n) is 2.34. The number of hydrogen-bond donors (Lipinski definition) is 1. The van der Waals surface area contributed by atoms with Crippen LogP contribution in [0, 0.1) is 0 Å². The van der Waals surface area contributed by atoms with Crippen molar-refractivity contribution in [3.8, 4) is 0 Å². The van der Waals surface area contributed by atoms with Crippen LogP contribution in [0.5, 0.6) is 0 Å². The van der Waals surface area contributed by atoms with Gasteiger partial charge in [-0.3, -0.25) is 0 Å². The summed E-state index contributed by atoms with van der Waals surface area (Å²) in [6, 6.07) is 2.08. The number of aryl methyl sites for hydroxylation is 1. The predicted molar refractivity (Wildman–Crippen MR) is 58.4 cm³/mol. The van der Waals surface area contributed by atoms with Gasteiger partial charge in [0.15, 0.2) is 0 Å². The zero-order valence-electron chi connectivity index (χ0n) is 9.29. The quantitative estimate of drug-likeness (QED) is 0.810. The summed E-state index contributed by atoms with van der Waals surface area (Å²) >= 11 is 0. The second-order valence-electron chi connectivity index (χ2n) is 4.51. The van der Waals surface area contributed by atoms with Gasteiger partial charge in [-0.15, -0.1) is 0 Å². The van der Waals surface area contributed by atoms with E-state index in [0.717, 1.165) is 24.9 Å². The zero-order valence-corrected chi connectivity index (χ0v) is 9.29. The molecule has 0 radical (unpaired) electrons. The third-order valence-electron chi connectivity index (χ3n) is 3.10. The first kappa shape index (κ1) is 10.3. The van der Waals surface area contributed by atoms with E-state index < -0.39 is 5.97 Å². The summed E-state index contributed by atoms with van der Waals surface area (Å²) in [5.41, 5.74) is 2.70. The Morgan fingerprint density at radius 3 is 2.80 bits per heavy atom. The lowest BCUT2D eigenvalue weighted by Gasteiger charge is -2.16. The molecule has 15 heavy (non-hydrogen) atoms. The highest BCUT2D eigenvalue weighted by atomic mass is 16.4. The molecule has 0 bridgehead atoms. The van der Waals surface area contributed by atoms with Gasteiger partial charge in [-0.05, 0) is 36.8 Å². The normalized spacial score (nSPS) is 15.4. The molecule has 1 aromatic heterocycles. The molecule has 3 nitrogen and oxygen atoms in total. The summed E-state index contributed by atoms with van der Waals surface area (Å²) in [6.45, 7) is 4.96. The van der Waals surface area contributed by atoms with Crippen molar-refractivity contribution in [3.63, 3.8) is 0 Å². The van der Waals surface area contributed by atoms with E-state index in [1.807, 2.05) is 18.4 Å². The summed E-state index contributed by atoms with van der Waals surface area (Å²) < 4.78 is 1.99. The van der Waals surface area contributed by atoms with Crippen LogP contribution in [-0.2, 0) is 13.0 Å². The number of aromatic carboxylic acids is 1. The predicted octanol–water partition coefficient (Wildman–Crippen LogP) is 2.65. The molecule has 3 heteroatoms. The average molecular weight is 207 g/mol. The van der Waals surface area contributed by atoms with Crippen LogP contribution in [0.25, 0.3) is 0 Å². The molecule has 0 fully saturated rings. The molecule has 0 aliphatic carbocycles. The molecule has 0 saturated heterocycles. The number of carboxylic acids is 1. The minimum absolute atomic E-state index is 0.286. The SMILES string of the molecule is CC(C)c1cc2n(c1C(=O)O)CCCC2. The van der Waals surface area contributed by atoms with Crippen LogP contribution in [0.4, 0.5) is 0 Å². The number of rotatable bonds is 2. The van der Waals surface area contributed by atoms with Gasteiger partial charge in [0, 0.05) is 12.2 Å². The van der Waals surface area contributed by atoms with Gasteiger partial charge in [-0.25, -0.2) is 4.79 Å². The van der Waals surface area contributed by atoms with Gasteiger partial charge in [-0.1, -0.05) is 13.8 Å². The van der Waals surface area contributed by atoms with E-state index in [2.05, 4.69) is 6.07 Å². The maximum Gasteiger partial charge on any atom is 0.352 e. The molecule has 1 aliphatic heterocycles. The van der Waals surface area contributed by atoms with E-state index in [9.17, 15) is 9.90 Å². The van der Waals surface area contributed by atoms with Crippen molar-refractivity contribution in [1.82, 2.24) is 4.57 Å². The third-order valence-corrected chi connectivity index (χ3v) is 3.10. The Bertz CT molecular complexity index is 391. The number of fused-ring (bicyclic) bond motifs is 1. The van der Waals surface area contributed by atoms with E-state index in [1.165, 1.54) is 12.1 Å². The van der Waals surface area contributed by atoms with E-state index in [-0.39, 0.29) is 5.92 Å². The van der Waals surface area contributed by atoms with E-state index >= 15 is 0 Å². The van der Waals surface area contributed by atoms with Gasteiger partial charge in [0.1, 0.15) is 5.69 Å². The first-order chi connectivity index (χ1) is 7.11. The third kappa shape index (κ3) is 1.66. The van der Waals surface area contributed by atoms with Crippen LogP contribution in [0.3, 0.4) is 0 Å². The van der Waals surface area contributed by atoms with Crippen molar-refractivity contribution in [2.24, 2.45) is 0 Å². The largest absolute Gasteiger partial charge is 0.477 e. The van der Waals surface area contributed by atoms with Gasteiger partial charge < -0.3 is 9.67 Å². The molecule has 0 unspecified atom stereocenters. The highest BCUT2D eigenvalue weighted by Gasteiger charge is 2.23. The Hall–Kier alpha value is -1.25. The average Bonchev–Trinajstić information content (AvgIpc) is 2.56. The number of carboxylic acid groups (broad SMARTS) is 1. The number of aromatic nitrogens is 1. The minimum atomic E-state index is -0.785. The van der Waals surface area contributed by atoms with Gasteiger partial charge >= 0.3 is 5.97 Å². The molecule has 0 saturated carbocycles. The molecule has 0 atom stereocenters. The molecule has 1 aromatic rings. The van der Waals surface area contributed by atoms with Crippen LogP contribution >= 0.6 is 0 Å². The maximum atomic E-state index is 11.2. The first-order valence-electron chi connectivity index (χ1n) is 5.57. The smallest absolute Gasteiger partial charge is 0.352 e. The lowest BCUT2D eigenvalue weighted by atomic mass is 10.0. The Morgan fingerprint density at radius 2 is 2.20 bits per heavy atom. The maximum absolute atomic E-state index is 11.2. The van der Waals surface area contributed by atoms with Gasteiger partial charge in [0.25, 0.3) is 0 Å². The Labute approximate surface area is 89.7 Å². The standard InChI is InChI=1S/C12H17NO2/c1-8(2)10-7-9-5-3-4-6-13(9)11(10)12(14)15/h7-8H,3-6H2,1-2H3,(H,14,15). The van der Waals surface area contributed by atoms with E-state index in [0.29, 0.717) is 5.69 Å². The fourth-order valence-corrected chi connectivity index (χ4v) is 2.34. The number of carbonyl (C=O) groups is 1. The second kappa shape index (κ2) is 3.72. The van der Waals surface area contributed by atoms with Crippen LogP contribution in [0.2, 0.25) is 0 Å². The summed E-state index contributed by atoms with van der Waals surface area (Å²) in [5, 5.41) is 9.24. The van der Waals surface area contributed by atoms with Gasteiger partial charge in [0.2, 0.25) is 0 Å². The van der Waals surface area contributed by atoms with Crippen molar-refractivity contribution in [1.29, 1.82) is 0 Å². The minimum Gasteiger partial charge on any atom is -0.477 e. The van der Waals surface area contributed by atoms with Crippen LogP contribution in [0.1, 0.15) is 54.4 Å². The Balaban J connectivity index is 2.56. The highest BCUT2D eigenvalue weighted by molar-refractivity contribution is 5.88. The van der Waals surface area contributed by atoms with Crippen LogP contribution in [-0.4, -0.2) is 15.6 Å².